The van der Waals surface area contributed by atoms with Crippen molar-refractivity contribution < 1.29 is 0 Å². The molecule has 1 fully saturated rings. The summed E-state index contributed by atoms with van der Waals surface area (Å²) < 4.78 is 0. The van der Waals surface area contributed by atoms with Gasteiger partial charge in [-0.25, -0.2) is 0 Å². The van der Waals surface area contributed by atoms with Gasteiger partial charge in [-0.2, -0.15) is 0 Å². The average molecular weight is 295 g/mol. The number of rotatable bonds is 5. The Morgan fingerprint density at radius 1 is 1.35 bits per heavy atom. The minimum Gasteiger partial charge on any atom is -0.329 e. The number of hydrogen-bond donors (Lipinski definition) is 1. The first-order valence-electron chi connectivity index (χ1n) is 7.58. The summed E-state index contributed by atoms with van der Waals surface area (Å²) in [5.74, 6) is 1.57. The van der Waals surface area contributed by atoms with Crippen molar-refractivity contribution in [1.82, 2.24) is 4.90 Å². The van der Waals surface area contributed by atoms with Crippen molar-refractivity contribution in [3.05, 3.63) is 34.9 Å². The first-order chi connectivity index (χ1) is 9.39. The van der Waals surface area contributed by atoms with Crippen LogP contribution in [-0.2, 0) is 0 Å². The molecule has 0 bridgehead atoms. The van der Waals surface area contributed by atoms with E-state index in [1.54, 1.807) is 0 Å². The van der Waals surface area contributed by atoms with Crippen LogP contribution in [0.25, 0.3) is 0 Å². The Morgan fingerprint density at radius 3 is 2.50 bits per heavy atom. The highest BCUT2D eigenvalue weighted by molar-refractivity contribution is 6.30. The van der Waals surface area contributed by atoms with Gasteiger partial charge in [0.15, 0.2) is 0 Å². The van der Waals surface area contributed by atoms with Crippen molar-refractivity contribution in [2.45, 2.75) is 45.2 Å². The molecular formula is C17H27ClN2. The Balaban J connectivity index is 2.12. The van der Waals surface area contributed by atoms with Crippen LogP contribution < -0.4 is 5.73 Å². The largest absolute Gasteiger partial charge is 0.329 e. The smallest absolute Gasteiger partial charge is 0.0409 e. The Hall–Kier alpha value is -0.570. The van der Waals surface area contributed by atoms with Gasteiger partial charge in [0.25, 0.3) is 0 Å². The van der Waals surface area contributed by atoms with Crippen molar-refractivity contribution in [3.63, 3.8) is 0 Å². The Kier molecular flexibility index (Phi) is 4.78. The number of nitrogens with zero attached hydrogens (tertiary/aromatic N) is 1. The molecule has 112 valence electrons. The van der Waals surface area contributed by atoms with E-state index in [0.717, 1.165) is 23.4 Å². The van der Waals surface area contributed by atoms with Crippen molar-refractivity contribution in [3.8, 4) is 0 Å². The monoisotopic (exact) mass is 294 g/mol. The molecule has 2 rings (SSSR count). The van der Waals surface area contributed by atoms with Crippen LogP contribution in [0.1, 0.15) is 45.2 Å². The molecule has 1 unspecified atom stereocenters. The van der Waals surface area contributed by atoms with Gasteiger partial charge in [0.1, 0.15) is 0 Å². The quantitative estimate of drug-likeness (QED) is 0.886. The molecule has 0 amide bonds. The topological polar surface area (TPSA) is 29.3 Å². The summed E-state index contributed by atoms with van der Waals surface area (Å²) in [7, 11) is 2.20. The lowest BCUT2D eigenvalue weighted by molar-refractivity contribution is -0.0403. The molecule has 1 atom stereocenters. The summed E-state index contributed by atoms with van der Waals surface area (Å²) in [6.07, 6.45) is 2.42. The van der Waals surface area contributed by atoms with Crippen molar-refractivity contribution in [2.24, 2.45) is 17.6 Å². The summed E-state index contributed by atoms with van der Waals surface area (Å²) in [6, 6.07) is 8.50. The third-order valence-electron chi connectivity index (χ3n) is 5.27. The highest BCUT2D eigenvalue weighted by Crippen LogP contribution is 2.47. The standard InChI is InChI=1S/C17H27ClN2/c1-12(2)15-9-17(10-15,11-19)20(4)13(3)14-6-5-7-16(18)8-14/h5-8,12-13,15H,9-11,19H2,1-4H3. The second kappa shape index (κ2) is 6.05. The van der Waals surface area contributed by atoms with Gasteiger partial charge < -0.3 is 5.73 Å². The van der Waals surface area contributed by atoms with Crippen molar-refractivity contribution in [2.75, 3.05) is 13.6 Å². The molecule has 1 aromatic rings. The Labute approximate surface area is 128 Å². The number of likely N-dealkylation sites (N-methyl/N-ethyl adjacent to an activating group) is 1. The van der Waals surface area contributed by atoms with E-state index in [1.807, 2.05) is 12.1 Å². The van der Waals surface area contributed by atoms with Crippen LogP contribution in [0.2, 0.25) is 5.02 Å². The molecule has 0 aliphatic heterocycles. The molecule has 0 aromatic heterocycles. The summed E-state index contributed by atoms with van der Waals surface area (Å²) in [6.45, 7) is 7.60. The molecule has 0 radical (unpaired) electrons. The summed E-state index contributed by atoms with van der Waals surface area (Å²) in [4.78, 5) is 2.46. The van der Waals surface area contributed by atoms with Crippen LogP contribution in [0.15, 0.2) is 24.3 Å². The van der Waals surface area contributed by atoms with Crippen molar-refractivity contribution in [1.29, 1.82) is 0 Å². The normalized spacial score (nSPS) is 27.7. The van der Waals surface area contributed by atoms with E-state index in [9.17, 15) is 0 Å². The van der Waals surface area contributed by atoms with E-state index in [0.29, 0.717) is 6.04 Å². The molecule has 0 spiro atoms. The second-order valence-electron chi connectivity index (χ2n) is 6.68. The highest BCUT2D eigenvalue weighted by atomic mass is 35.5. The molecule has 0 heterocycles. The van der Waals surface area contributed by atoms with Gasteiger partial charge in [0, 0.05) is 23.1 Å². The fourth-order valence-corrected chi connectivity index (χ4v) is 3.59. The third kappa shape index (κ3) is 2.88. The second-order valence-corrected chi connectivity index (χ2v) is 7.12. The predicted octanol–water partition coefficient (Wildman–Crippen LogP) is 4.10. The maximum atomic E-state index is 6.11. The Bertz CT molecular complexity index is 452. The van der Waals surface area contributed by atoms with E-state index >= 15 is 0 Å². The zero-order chi connectivity index (χ0) is 14.9. The maximum absolute atomic E-state index is 6.11. The van der Waals surface area contributed by atoms with E-state index in [4.69, 9.17) is 17.3 Å². The SMILES string of the molecule is CC(C)C1CC(CN)(N(C)C(C)c2cccc(Cl)c2)C1. The molecule has 20 heavy (non-hydrogen) atoms. The zero-order valence-corrected chi connectivity index (χ0v) is 13.8. The summed E-state index contributed by atoms with van der Waals surface area (Å²) >= 11 is 6.11. The molecule has 2 nitrogen and oxygen atoms in total. The van der Waals surface area contributed by atoms with Gasteiger partial charge in [-0.1, -0.05) is 37.6 Å². The molecule has 1 saturated carbocycles. The van der Waals surface area contributed by atoms with E-state index in [1.165, 1.54) is 18.4 Å². The Morgan fingerprint density at radius 2 is 2.00 bits per heavy atom. The number of hydrogen-bond acceptors (Lipinski definition) is 2. The van der Waals surface area contributed by atoms with Crippen LogP contribution >= 0.6 is 11.6 Å². The number of halogens is 1. The minimum absolute atomic E-state index is 0.163. The number of nitrogens with two attached hydrogens (primary N) is 1. The van der Waals surface area contributed by atoms with Gasteiger partial charge in [0.05, 0.1) is 0 Å². The minimum atomic E-state index is 0.163. The van der Waals surface area contributed by atoms with E-state index in [-0.39, 0.29) is 5.54 Å². The molecule has 3 heteroatoms. The maximum Gasteiger partial charge on any atom is 0.0409 e. The van der Waals surface area contributed by atoms with Crippen LogP contribution in [-0.4, -0.2) is 24.0 Å². The first-order valence-corrected chi connectivity index (χ1v) is 7.96. The van der Waals surface area contributed by atoms with E-state index < -0.39 is 0 Å². The summed E-state index contributed by atoms with van der Waals surface area (Å²) in [5.41, 5.74) is 7.54. The van der Waals surface area contributed by atoms with Gasteiger partial charge in [-0.05, 0) is 56.3 Å². The number of benzene rings is 1. The molecule has 1 aromatic carbocycles. The van der Waals surface area contributed by atoms with Crippen LogP contribution in [0.3, 0.4) is 0 Å². The van der Waals surface area contributed by atoms with Crippen LogP contribution in [0.5, 0.6) is 0 Å². The van der Waals surface area contributed by atoms with Gasteiger partial charge >= 0.3 is 0 Å². The van der Waals surface area contributed by atoms with Crippen LogP contribution in [0, 0.1) is 11.8 Å². The lowest BCUT2D eigenvalue weighted by atomic mass is 9.63. The van der Waals surface area contributed by atoms with Crippen molar-refractivity contribution >= 4 is 11.6 Å². The van der Waals surface area contributed by atoms with Crippen LogP contribution in [0.4, 0.5) is 0 Å². The fraction of sp³-hybridized carbons (Fsp3) is 0.647. The third-order valence-corrected chi connectivity index (χ3v) is 5.50. The summed E-state index contributed by atoms with van der Waals surface area (Å²) in [5, 5.41) is 0.804. The fourth-order valence-electron chi connectivity index (χ4n) is 3.39. The molecule has 0 saturated heterocycles. The van der Waals surface area contributed by atoms with E-state index in [2.05, 4.69) is 44.9 Å². The molecular weight excluding hydrogens is 268 g/mol. The molecule has 1 aliphatic rings. The zero-order valence-electron chi connectivity index (χ0n) is 13.1. The average Bonchev–Trinajstić information content (AvgIpc) is 2.36. The van der Waals surface area contributed by atoms with Gasteiger partial charge in [0.2, 0.25) is 0 Å². The van der Waals surface area contributed by atoms with Gasteiger partial charge in [-0.15, -0.1) is 0 Å². The lowest BCUT2D eigenvalue weighted by Crippen LogP contribution is -2.61. The highest BCUT2D eigenvalue weighted by Gasteiger charge is 2.48. The molecule has 1 aliphatic carbocycles. The van der Waals surface area contributed by atoms with Gasteiger partial charge in [-0.3, -0.25) is 4.90 Å². The lowest BCUT2D eigenvalue weighted by Gasteiger charge is -2.56. The first kappa shape index (κ1) is 15.8. The molecule has 2 N–H and O–H groups in total. The predicted molar refractivity (Wildman–Crippen MR) is 87.0 cm³/mol.